The zero-order valence-corrected chi connectivity index (χ0v) is 11.3. The summed E-state index contributed by atoms with van der Waals surface area (Å²) < 4.78 is 1.88. The van der Waals surface area contributed by atoms with Crippen molar-refractivity contribution in [1.82, 2.24) is 20.0 Å². The molecule has 4 nitrogen and oxygen atoms in total. The molecule has 0 aliphatic carbocycles. The van der Waals surface area contributed by atoms with Gasteiger partial charge in [-0.3, -0.25) is 0 Å². The molecule has 19 heavy (non-hydrogen) atoms. The van der Waals surface area contributed by atoms with E-state index < -0.39 is 0 Å². The van der Waals surface area contributed by atoms with Gasteiger partial charge in [0.1, 0.15) is 0 Å². The normalized spacial score (nSPS) is 19.9. The molecule has 1 aliphatic rings. The SMILES string of the molecule is CN1CCC(NCc2ccc(-n3cccn3)cc2)C1. The van der Waals surface area contributed by atoms with Crippen molar-refractivity contribution < 1.29 is 0 Å². The van der Waals surface area contributed by atoms with Gasteiger partial charge in [-0.2, -0.15) is 5.10 Å². The molecule has 0 saturated carbocycles. The van der Waals surface area contributed by atoms with Gasteiger partial charge in [-0.15, -0.1) is 0 Å². The van der Waals surface area contributed by atoms with Crippen molar-refractivity contribution in [2.45, 2.75) is 19.0 Å². The van der Waals surface area contributed by atoms with Crippen LogP contribution in [0.5, 0.6) is 0 Å². The summed E-state index contributed by atoms with van der Waals surface area (Å²) >= 11 is 0. The maximum atomic E-state index is 4.23. The Bertz CT molecular complexity index is 503. The van der Waals surface area contributed by atoms with E-state index in [4.69, 9.17) is 0 Å². The van der Waals surface area contributed by atoms with Gasteiger partial charge in [-0.25, -0.2) is 4.68 Å². The van der Waals surface area contributed by atoms with Crippen LogP contribution >= 0.6 is 0 Å². The molecule has 1 atom stereocenters. The maximum Gasteiger partial charge on any atom is 0.0645 e. The largest absolute Gasteiger partial charge is 0.309 e. The maximum absolute atomic E-state index is 4.23. The Morgan fingerprint density at radius 1 is 1.32 bits per heavy atom. The van der Waals surface area contributed by atoms with Crippen LogP contribution < -0.4 is 5.32 Å². The molecule has 0 spiro atoms. The first-order valence-corrected chi connectivity index (χ1v) is 6.82. The van der Waals surface area contributed by atoms with Gasteiger partial charge in [0, 0.05) is 31.5 Å². The second-order valence-corrected chi connectivity index (χ2v) is 5.25. The Kier molecular flexibility index (Phi) is 3.62. The highest BCUT2D eigenvalue weighted by atomic mass is 15.3. The minimum atomic E-state index is 0.635. The summed E-state index contributed by atoms with van der Waals surface area (Å²) in [5.74, 6) is 0. The van der Waals surface area contributed by atoms with Crippen molar-refractivity contribution in [1.29, 1.82) is 0 Å². The highest BCUT2D eigenvalue weighted by molar-refractivity contribution is 5.33. The van der Waals surface area contributed by atoms with Gasteiger partial charge in [0.15, 0.2) is 0 Å². The van der Waals surface area contributed by atoms with Gasteiger partial charge in [-0.1, -0.05) is 12.1 Å². The smallest absolute Gasteiger partial charge is 0.0645 e. The van der Waals surface area contributed by atoms with Crippen LogP contribution in [0.2, 0.25) is 0 Å². The van der Waals surface area contributed by atoms with Crippen LogP contribution in [0.1, 0.15) is 12.0 Å². The van der Waals surface area contributed by atoms with Gasteiger partial charge in [0.05, 0.1) is 5.69 Å². The lowest BCUT2D eigenvalue weighted by Crippen LogP contribution is -2.30. The molecular formula is C15H20N4. The summed E-state index contributed by atoms with van der Waals surface area (Å²) in [5.41, 5.74) is 2.43. The third-order valence-electron chi connectivity index (χ3n) is 3.69. The van der Waals surface area contributed by atoms with Crippen LogP contribution in [0.15, 0.2) is 42.7 Å². The average Bonchev–Trinajstić information content (AvgIpc) is 3.08. The summed E-state index contributed by atoms with van der Waals surface area (Å²) in [7, 11) is 2.18. The van der Waals surface area contributed by atoms with E-state index in [0.29, 0.717) is 6.04 Å². The van der Waals surface area contributed by atoms with Crippen molar-refractivity contribution in [2.24, 2.45) is 0 Å². The Morgan fingerprint density at radius 3 is 2.79 bits per heavy atom. The fraction of sp³-hybridized carbons (Fsp3) is 0.400. The second-order valence-electron chi connectivity index (χ2n) is 5.25. The molecule has 100 valence electrons. The molecule has 1 aromatic carbocycles. The molecule has 4 heteroatoms. The topological polar surface area (TPSA) is 33.1 Å². The lowest BCUT2D eigenvalue weighted by molar-refractivity contribution is 0.397. The van der Waals surface area contributed by atoms with Gasteiger partial charge in [0.25, 0.3) is 0 Å². The first-order valence-electron chi connectivity index (χ1n) is 6.82. The van der Waals surface area contributed by atoms with Crippen LogP contribution in [-0.4, -0.2) is 40.9 Å². The number of hydrogen-bond donors (Lipinski definition) is 1. The van der Waals surface area contributed by atoms with Crippen LogP contribution in [0, 0.1) is 0 Å². The zero-order valence-electron chi connectivity index (χ0n) is 11.3. The number of nitrogens with one attached hydrogen (secondary N) is 1. The summed E-state index contributed by atoms with van der Waals surface area (Å²) in [6, 6.07) is 11.1. The van der Waals surface area contributed by atoms with E-state index in [2.05, 4.69) is 46.6 Å². The molecule has 3 rings (SSSR count). The summed E-state index contributed by atoms with van der Waals surface area (Å²) in [4.78, 5) is 2.37. The summed E-state index contributed by atoms with van der Waals surface area (Å²) in [6.45, 7) is 3.30. The second kappa shape index (κ2) is 5.55. The number of aromatic nitrogens is 2. The van der Waals surface area contributed by atoms with E-state index >= 15 is 0 Å². The molecule has 2 heterocycles. The lowest BCUT2D eigenvalue weighted by atomic mass is 10.2. The minimum Gasteiger partial charge on any atom is -0.309 e. The number of nitrogens with zero attached hydrogens (tertiary/aromatic N) is 3. The standard InChI is InChI=1S/C15H20N4/c1-18-10-7-14(12-18)16-11-13-3-5-15(6-4-13)19-9-2-8-17-19/h2-6,8-9,14,16H,7,10-12H2,1H3. The number of rotatable bonds is 4. The van der Waals surface area contributed by atoms with Crippen molar-refractivity contribution in [3.63, 3.8) is 0 Å². The zero-order chi connectivity index (χ0) is 13.1. The molecular weight excluding hydrogens is 236 g/mol. The third-order valence-corrected chi connectivity index (χ3v) is 3.69. The van der Waals surface area contributed by atoms with E-state index in [1.165, 1.54) is 18.5 Å². The highest BCUT2D eigenvalue weighted by Gasteiger charge is 2.18. The predicted octanol–water partition coefficient (Wildman–Crippen LogP) is 1.67. The Morgan fingerprint density at radius 2 is 2.16 bits per heavy atom. The molecule has 1 aliphatic heterocycles. The molecule has 1 unspecified atom stereocenters. The number of benzene rings is 1. The Hall–Kier alpha value is -1.65. The van der Waals surface area contributed by atoms with Gasteiger partial charge in [0.2, 0.25) is 0 Å². The highest BCUT2D eigenvalue weighted by Crippen LogP contribution is 2.10. The van der Waals surface area contributed by atoms with Gasteiger partial charge >= 0.3 is 0 Å². The molecule has 0 bridgehead atoms. The number of likely N-dealkylation sites (tertiary alicyclic amines) is 1. The van der Waals surface area contributed by atoms with E-state index in [1.807, 2.05) is 16.9 Å². The summed E-state index contributed by atoms with van der Waals surface area (Å²) in [6.07, 6.45) is 5.01. The quantitative estimate of drug-likeness (QED) is 0.903. The number of hydrogen-bond acceptors (Lipinski definition) is 3. The monoisotopic (exact) mass is 256 g/mol. The van der Waals surface area contributed by atoms with Crippen molar-refractivity contribution in [3.05, 3.63) is 48.3 Å². The molecule has 0 radical (unpaired) electrons. The van der Waals surface area contributed by atoms with Crippen molar-refractivity contribution in [2.75, 3.05) is 20.1 Å². The van der Waals surface area contributed by atoms with Crippen LogP contribution in [0.4, 0.5) is 0 Å². The molecule has 1 saturated heterocycles. The van der Waals surface area contributed by atoms with Crippen LogP contribution in [-0.2, 0) is 6.54 Å². The first kappa shape index (κ1) is 12.4. The molecule has 1 aromatic heterocycles. The van der Waals surface area contributed by atoms with Gasteiger partial charge < -0.3 is 10.2 Å². The van der Waals surface area contributed by atoms with E-state index in [1.54, 1.807) is 6.20 Å². The fourth-order valence-electron chi connectivity index (χ4n) is 2.55. The predicted molar refractivity (Wildman–Crippen MR) is 76.3 cm³/mol. The van der Waals surface area contributed by atoms with E-state index in [-0.39, 0.29) is 0 Å². The molecule has 1 N–H and O–H groups in total. The minimum absolute atomic E-state index is 0.635. The van der Waals surface area contributed by atoms with Crippen molar-refractivity contribution >= 4 is 0 Å². The van der Waals surface area contributed by atoms with Crippen LogP contribution in [0.25, 0.3) is 5.69 Å². The van der Waals surface area contributed by atoms with Gasteiger partial charge in [-0.05, 0) is 43.8 Å². The molecule has 1 fully saturated rings. The fourth-order valence-corrected chi connectivity index (χ4v) is 2.55. The van der Waals surface area contributed by atoms with E-state index in [0.717, 1.165) is 18.8 Å². The summed E-state index contributed by atoms with van der Waals surface area (Å²) in [5, 5.41) is 7.85. The average molecular weight is 256 g/mol. The van der Waals surface area contributed by atoms with Crippen molar-refractivity contribution in [3.8, 4) is 5.69 Å². The number of likely N-dealkylation sites (N-methyl/N-ethyl adjacent to an activating group) is 1. The molecule has 0 amide bonds. The Labute approximate surface area is 114 Å². The third kappa shape index (κ3) is 3.03. The molecule has 2 aromatic rings. The Balaban J connectivity index is 1.57. The first-order chi connectivity index (χ1) is 9.31. The van der Waals surface area contributed by atoms with E-state index in [9.17, 15) is 0 Å². The lowest BCUT2D eigenvalue weighted by Gasteiger charge is -2.13. The van der Waals surface area contributed by atoms with Crippen LogP contribution in [0.3, 0.4) is 0 Å².